The average Bonchev–Trinajstić information content (AvgIpc) is 2.70. The molecule has 2 N–H and O–H groups in total. The van der Waals surface area contributed by atoms with Crippen LogP contribution in [0.4, 0.5) is 0 Å². The van der Waals surface area contributed by atoms with Gasteiger partial charge in [-0.15, -0.1) is 0 Å². The van der Waals surface area contributed by atoms with E-state index in [2.05, 4.69) is 15.6 Å². The molecule has 9 heteroatoms. The van der Waals surface area contributed by atoms with Crippen molar-refractivity contribution in [3.05, 3.63) is 23.8 Å². The summed E-state index contributed by atoms with van der Waals surface area (Å²) in [5.41, 5.74) is 1.13. The molecule has 8 nitrogen and oxygen atoms in total. The second-order valence-corrected chi connectivity index (χ2v) is 8.57. The zero-order valence-electron chi connectivity index (χ0n) is 17.6. The fourth-order valence-corrected chi connectivity index (χ4v) is 3.39. The number of nitrogens with zero attached hydrogens (tertiary/aromatic N) is 2. The van der Waals surface area contributed by atoms with Crippen molar-refractivity contribution in [2.45, 2.75) is 26.7 Å². The Labute approximate surface area is 169 Å². The Morgan fingerprint density at radius 2 is 1.86 bits per heavy atom. The Hall–Kier alpha value is -2.00. The molecule has 1 aromatic rings. The first-order valence-corrected chi connectivity index (χ1v) is 11.2. The van der Waals surface area contributed by atoms with Crippen LogP contribution in [-0.2, 0) is 16.4 Å². The number of guanidine groups is 1. The van der Waals surface area contributed by atoms with E-state index in [1.807, 2.05) is 25.1 Å². The highest BCUT2D eigenvalue weighted by atomic mass is 32.2. The summed E-state index contributed by atoms with van der Waals surface area (Å²) in [7, 11) is 1.72. The summed E-state index contributed by atoms with van der Waals surface area (Å²) < 4.78 is 35.5. The third-order valence-electron chi connectivity index (χ3n) is 4.24. The molecule has 0 aliphatic rings. The van der Waals surface area contributed by atoms with E-state index in [9.17, 15) is 8.42 Å². The van der Waals surface area contributed by atoms with Crippen molar-refractivity contribution in [1.29, 1.82) is 0 Å². The number of benzene rings is 1. The van der Waals surface area contributed by atoms with Gasteiger partial charge in [0.1, 0.15) is 0 Å². The van der Waals surface area contributed by atoms with Crippen molar-refractivity contribution < 1.29 is 17.9 Å². The van der Waals surface area contributed by atoms with Crippen LogP contribution in [0.15, 0.2) is 23.2 Å². The Morgan fingerprint density at radius 1 is 1.14 bits per heavy atom. The Balaban J connectivity index is 2.50. The number of sulfonamides is 1. The van der Waals surface area contributed by atoms with Gasteiger partial charge in [-0.3, -0.25) is 4.99 Å². The monoisotopic (exact) mass is 414 g/mol. The summed E-state index contributed by atoms with van der Waals surface area (Å²) >= 11 is 0. The fraction of sp³-hybridized carbons (Fsp3) is 0.632. The van der Waals surface area contributed by atoms with Crippen molar-refractivity contribution in [2.75, 3.05) is 53.2 Å². The van der Waals surface area contributed by atoms with Crippen molar-refractivity contribution in [1.82, 2.24) is 14.9 Å². The molecule has 0 bridgehead atoms. The van der Waals surface area contributed by atoms with Crippen LogP contribution < -0.4 is 20.1 Å². The lowest BCUT2D eigenvalue weighted by molar-refractivity contribution is 0.354. The van der Waals surface area contributed by atoms with E-state index in [0.29, 0.717) is 37.6 Å². The van der Waals surface area contributed by atoms with Crippen LogP contribution in [0.2, 0.25) is 0 Å². The first-order valence-electron chi connectivity index (χ1n) is 9.55. The SMILES string of the molecule is CCNC(=NCCCN(C)S(=O)(=O)CC)NCCc1ccc(OC)c(OC)c1. The molecule has 0 radical (unpaired) electrons. The molecule has 0 heterocycles. The number of methoxy groups -OCH3 is 2. The zero-order valence-corrected chi connectivity index (χ0v) is 18.4. The minimum atomic E-state index is -3.13. The summed E-state index contributed by atoms with van der Waals surface area (Å²) in [6.07, 6.45) is 1.48. The normalized spacial score (nSPS) is 12.1. The van der Waals surface area contributed by atoms with Crippen molar-refractivity contribution >= 4 is 16.0 Å². The predicted octanol–water partition coefficient (Wildman–Crippen LogP) is 1.47. The Bertz CT molecular complexity index is 723. The number of rotatable bonds is 12. The van der Waals surface area contributed by atoms with E-state index >= 15 is 0 Å². The highest BCUT2D eigenvalue weighted by Crippen LogP contribution is 2.27. The Kier molecular flexibility index (Phi) is 10.7. The van der Waals surface area contributed by atoms with Crippen LogP contribution in [-0.4, -0.2) is 71.9 Å². The maximum absolute atomic E-state index is 11.7. The van der Waals surface area contributed by atoms with E-state index < -0.39 is 10.0 Å². The van der Waals surface area contributed by atoms with E-state index in [1.165, 1.54) is 4.31 Å². The first-order chi connectivity index (χ1) is 13.4. The summed E-state index contributed by atoms with van der Waals surface area (Å²) in [6, 6.07) is 5.87. The molecule has 28 heavy (non-hydrogen) atoms. The predicted molar refractivity (Wildman–Crippen MR) is 114 cm³/mol. The van der Waals surface area contributed by atoms with Gasteiger partial charge >= 0.3 is 0 Å². The van der Waals surface area contributed by atoms with Crippen LogP contribution in [0.5, 0.6) is 11.5 Å². The van der Waals surface area contributed by atoms with Crippen LogP contribution >= 0.6 is 0 Å². The largest absolute Gasteiger partial charge is 0.493 e. The lowest BCUT2D eigenvalue weighted by Gasteiger charge is -2.15. The lowest BCUT2D eigenvalue weighted by Crippen LogP contribution is -2.38. The van der Waals surface area contributed by atoms with Crippen molar-refractivity contribution in [3.63, 3.8) is 0 Å². The molecule has 0 spiro atoms. The fourth-order valence-electron chi connectivity index (χ4n) is 2.55. The van der Waals surface area contributed by atoms with Crippen molar-refractivity contribution in [2.24, 2.45) is 4.99 Å². The molecular formula is C19H34N4O4S. The topological polar surface area (TPSA) is 92.3 Å². The van der Waals surface area contributed by atoms with Crippen LogP contribution in [0.25, 0.3) is 0 Å². The standard InChI is InChI=1S/C19H34N4O4S/c1-6-20-19(21-12-8-14-23(3)28(24,25)7-2)22-13-11-16-9-10-17(26-4)18(15-16)27-5/h9-10,15H,6-8,11-14H2,1-5H3,(H2,20,21,22). The first kappa shape index (κ1) is 24.0. The van der Waals surface area contributed by atoms with E-state index in [1.54, 1.807) is 28.2 Å². The van der Waals surface area contributed by atoms with Gasteiger partial charge in [0.05, 0.1) is 20.0 Å². The van der Waals surface area contributed by atoms with Gasteiger partial charge in [0.15, 0.2) is 17.5 Å². The second-order valence-electron chi connectivity index (χ2n) is 6.20. The van der Waals surface area contributed by atoms with Gasteiger partial charge in [-0.25, -0.2) is 12.7 Å². The molecule has 160 valence electrons. The maximum atomic E-state index is 11.7. The number of hydrogen-bond donors (Lipinski definition) is 2. The minimum Gasteiger partial charge on any atom is -0.493 e. The van der Waals surface area contributed by atoms with Crippen LogP contribution in [0.3, 0.4) is 0 Å². The summed E-state index contributed by atoms with van der Waals surface area (Å²) in [4.78, 5) is 4.51. The summed E-state index contributed by atoms with van der Waals surface area (Å²) in [5.74, 6) is 2.27. The molecule has 1 rings (SSSR count). The molecule has 0 atom stereocenters. The van der Waals surface area contributed by atoms with Gasteiger partial charge in [-0.1, -0.05) is 6.07 Å². The highest BCUT2D eigenvalue weighted by Gasteiger charge is 2.13. The average molecular weight is 415 g/mol. The quantitative estimate of drug-likeness (QED) is 0.306. The molecule has 0 unspecified atom stereocenters. The molecule has 0 saturated heterocycles. The number of ether oxygens (including phenoxy) is 2. The number of hydrogen-bond acceptors (Lipinski definition) is 5. The Morgan fingerprint density at radius 3 is 2.46 bits per heavy atom. The van der Waals surface area contributed by atoms with Gasteiger partial charge in [-0.05, 0) is 44.4 Å². The van der Waals surface area contributed by atoms with Gasteiger partial charge in [-0.2, -0.15) is 0 Å². The van der Waals surface area contributed by atoms with Crippen molar-refractivity contribution in [3.8, 4) is 11.5 Å². The molecule has 0 amide bonds. The molecule has 0 fully saturated rings. The molecule has 1 aromatic carbocycles. The third-order valence-corrected chi connectivity index (χ3v) is 6.10. The third kappa shape index (κ3) is 7.93. The number of nitrogens with one attached hydrogen (secondary N) is 2. The summed E-state index contributed by atoms with van der Waals surface area (Å²) in [5, 5.41) is 6.50. The van der Waals surface area contributed by atoms with Gasteiger partial charge in [0, 0.05) is 33.2 Å². The van der Waals surface area contributed by atoms with Gasteiger partial charge in [0.25, 0.3) is 0 Å². The van der Waals surface area contributed by atoms with E-state index in [-0.39, 0.29) is 5.75 Å². The summed E-state index contributed by atoms with van der Waals surface area (Å²) in [6.45, 7) is 6.14. The second kappa shape index (κ2) is 12.5. The van der Waals surface area contributed by atoms with Gasteiger partial charge in [0.2, 0.25) is 10.0 Å². The smallest absolute Gasteiger partial charge is 0.213 e. The molecule has 0 aliphatic carbocycles. The number of aliphatic imine (C=N–C) groups is 1. The minimum absolute atomic E-state index is 0.118. The maximum Gasteiger partial charge on any atom is 0.213 e. The van der Waals surface area contributed by atoms with Crippen LogP contribution in [0.1, 0.15) is 25.8 Å². The molecule has 0 aliphatic heterocycles. The zero-order chi connectivity index (χ0) is 21.0. The molecular weight excluding hydrogens is 380 g/mol. The molecule has 0 saturated carbocycles. The van der Waals surface area contributed by atoms with Gasteiger partial charge < -0.3 is 20.1 Å². The van der Waals surface area contributed by atoms with E-state index in [4.69, 9.17) is 9.47 Å². The highest BCUT2D eigenvalue weighted by molar-refractivity contribution is 7.89. The van der Waals surface area contributed by atoms with E-state index in [0.717, 1.165) is 24.5 Å². The molecule has 0 aromatic heterocycles. The van der Waals surface area contributed by atoms with Crippen LogP contribution in [0, 0.1) is 0 Å². The lowest BCUT2D eigenvalue weighted by atomic mass is 10.1.